The van der Waals surface area contributed by atoms with Crippen LogP contribution < -0.4 is 10.5 Å². The van der Waals surface area contributed by atoms with E-state index >= 15 is 0 Å². The fourth-order valence-electron chi connectivity index (χ4n) is 1.56. The maximum atomic E-state index is 13.6. The van der Waals surface area contributed by atoms with Gasteiger partial charge in [-0.05, 0) is 43.5 Å². The average molecular weight is 237 g/mol. The number of hydrogen-bond donors (Lipinski definition) is 1. The number of benzene rings is 1. The fraction of sp³-hybridized carbons (Fsp3) is 0.462. The van der Waals surface area contributed by atoms with Gasteiger partial charge in [-0.1, -0.05) is 0 Å². The Bertz CT molecular complexity index is 416. The Morgan fingerprint density at radius 1 is 1.47 bits per heavy atom. The highest BCUT2D eigenvalue weighted by atomic mass is 19.1. The van der Waals surface area contributed by atoms with Crippen molar-refractivity contribution >= 4 is 5.78 Å². The Labute approximate surface area is 99.8 Å². The summed E-state index contributed by atoms with van der Waals surface area (Å²) in [5.74, 6) is 0.183. The van der Waals surface area contributed by atoms with Crippen LogP contribution in [-0.2, 0) is 0 Å². The number of ketones is 1. The van der Waals surface area contributed by atoms with Crippen molar-refractivity contribution < 1.29 is 13.9 Å². The summed E-state index contributed by atoms with van der Waals surface area (Å²) in [5.41, 5.74) is 5.64. The number of carbonyl (C=O) groups excluding carboxylic acids is 1. The van der Waals surface area contributed by atoms with E-state index < -0.39 is 5.82 Å². The molecule has 0 saturated heterocycles. The minimum atomic E-state index is -0.478. The molecule has 1 aromatic carbocycles. The standard InChI is InChI=1S/C13H16FNO2/c14-11-7-10(12(16)5-6-15)3-4-13(11)17-8-9-1-2-9/h3-4,7,9H,1-2,5-6,8,15H2. The van der Waals surface area contributed by atoms with Gasteiger partial charge in [0, 0.05) is 12.0 Å². The number of rotatable bonds is 6. The molecule has 0 radical (unpaired) electrons. The number of hydrogen-bond acceptors (Lipinski definition) is 3. The van der Waals surface area contributed by atoms with E-state index in [4.69, 9.17) is 10.5 Å². The van der Waals surface area contributed by atoms with Crippen LogP contribution in [-0.4, -0.2) is 18.9 Å². The summed E-state index contributed by atoms with van der Waals surface area (Å²) in [7, 11) is 0. The van der Waals surface area contributed by atoms with Crippen molar-refractivity contribution in [2.75, 3.05) is 13.2 Å². The van der Waals surface area contributed by atoms with Gasteiger partial charge in [0.05, 0.1) is 6.61 Å². The lowest BCUT2D eigenvalue weighted by Crippen LogP contribution is -2.09. The van der Waals surface area contributed by atoms with Gasteiger partial charge in [-0.3, -0.25) is 4.79 Å². The first kappa shape index (κ1) is 12.0. The van der Waals surface area contributed by atoms with Crippen molar-refractivity contribution in [1.29, 1.82) is 0 Å². The molecule has 0 atom stereocenters. The van der Waals surface area contributed by atoms with Gasteiger partial charge in [-0.25, -0.2) is 4.39 Å². The molecule has 2 N–H and O–H groups in total. The van der Waals surface area contributed by atoms with Gasteiger partial charge in [0.1, 0.15) is 0 Å². The van der Waals surface area contributed by atoms with Gasteiger partial charge >= 0.3 is 0 Å². The highest BCUT2D eigenvalue weighted by Gasteiger charge is 2.22. The maximum Gasteiger partial charge on any atom is 0.165 e. The summed E-state index contributed by atoms with van der Waals surface area (Å²) in [4.78, 5) is 11.5. The highest BCUT2D eigenvalue weighted by Crippen LogP contribution is 2.30. The first-order valence-electron chi connectivity index (χ1n) is 5.86. The van der Waals surface area contributed by atoms with Crippen LogP contribution >= 0.6 is 0 Å². The Morgan fingerprint density at radius 2 is 2.24 bits per heavy atom. The van der Waals surface area contributed by atoms with Gasteiger partial charge in [0.25, 0.3) is 0 Å². The number of carbonyl (C=O) groups is 1. The first-order valence-corrected chi connectivity index (χ1v) is 5.86. The van der Waals surface area contributed by atoms with Gasteiger partial charge in [0.2, 0.25) is 0 Å². The van der Waals surface area contributed by atoms with Gasteiger partial charge < -0.3 is 10.5 Å². The van der Waals surface area contributed by atoms with Crippen molar-refractivity contribution in [1.82, 2.24) is 0 Å². The molecular formula is C13H16FNO2. The van der Waals surface area contributed by atoms with Crippen molar-refractivity contribution in [3.8, 4) is 5.75 Å². The van der Waals surface area contributed by atoms with Gasteiger partial charge in [-0.15, -0.1) is 0 Å². The van der Waals surface area contributed by atoms with Crippen LogP contribution in [0.4, 0.5) is 4.39 Å². The molecule has 0 spiro atoms. The summed E-state index contributed by atoms with van der Waals surface area (Å²) in [6.07, 6.45) is 2.56. The van der Waals surface area contributed by atoms with Gasteiger partial charge in [0.15, 0.2) is 17.3 Å². The zero-order chi connectivity index (χ0) is 12.3. The van der Waals surface area contributed by atoms with Crippen LogP contribution in [0.15, 0.2) is 18.2 Å². The van der Waals surface area contributed by atoms with E-state index in [0.717, 1.165) is 12.8 Å². The molecule has 0 unspecified atom stereocenters. The lowest BCUT2D eigenvalue weighted by atomic mass is 10.1. The van der Waals surface area contributed by atoms with E-state index in [0.29, 0.717) is 18.1 Å². The largest absolute Gasteiger partial charge is 0.490 e. The Kier molecular flexibility index (Phi) is 3.74. The topological polar surface area (TPSA) is 52.3 Å². The van der Waals surface area contributed by atoms with Crippen LogP contribution in [0.25, 0.3) is 0 Å². The molecule has 1 fully saturated rings. The molecule has 4 heteroatoms. The monoisotopic (exact) mass is 237 g/mol. The molecule has 0 amide bonds. The van der Waals surface area contributed by atoms with E-state index in [-0.39, 0.29) is 24.5 Å². The maximum absolute atomic E-state index is 13.6. The van der Waals surface area contributed by atoms with Crippen molar-refractivity contribution in [3.63, 3.8) is 0 Å². The summed E-state index contributed by atoms with van der Waals surface area (Å²) < 4.78 is 19.0. The first-order chi connectivity index (χ1) is 8.20. The van der Waals surface area contributed by atoms with E-state index in [1.165, 1.54) is 12.1 Å². The molecule has 1 aliphatic rings. The van der Waals surface area contributed by atoms with Crippen molar-refractivity contribution in [2.45, 2.75) is 19.3 Å². The Hall–Kier alpha value is -1.42. The number of halogens is 1. The second kappa shape index (κ2) is 5.27. The lowest BCUT2D eigenvalue weighted by Gasteiger charge is -2.07. The van der Waals surface area contributed by atoms with Crippen LogP contribution in [0, 0.1) is 11.7 Å². The van der Waals surface area contributed by atoms with Crippen LogP contribution in [0.1, 0.15) is 29.6 Å². The van der Waals surface area contributed by atoms with Crippen LogP contribution in [0.3, 0.4) is 0 Å². The molecule has 3 nitrogen and oxygen atoms in total. The van der Waals surface area contributed by atoms with Crippen molar-refractivity contribution in [3.05, 3.63) is 29.6 Å². The third-order valence-electron chi connectivity index (χ3n) is 2.80. The van der Waals surface area contributed by atoms with Gasteiger partial charge in [-0.2, -0.15) is 0 Å². The quantitative estimate of drug-likeness (QED) is 0.771. The highest BCUT2D eigenvalue weighted by molar-refractivity contribution is 5.96. The normalized spacial score (nSPS) is 14.7. The molecule has 2 rings (SSSR count). The predicted octanol–water partition coefficient (Wildman–Crippen LogP) is 2.15. The summed E-state index contributed by atoms with van der Waals surface area (Å²) in [6.45, 7) is 0.841. The number of Topliss-reactive ketones (excluding diaryl/α,β-unsaturated/α-hetero) is 1. The molecule has 0 aliphatic heterocycles. The third-order valence-corrected chi connectivity index (χ3v) is 2.80. The number of ether oxygens (including phenoxy) is 1. The Morgan fingerprint density at radius 3 is 2.82 bits per heavy atom. The summed E-state index contributed by atoms with van der Waals surface area (Å²) in [6, 6.07) is 4.32. The zero-order valence-corrected chi connectivity index (χ0v) is 9.62. The van der Waals surface area contributed by atoms with Crippen molar-refractivity contribution in [2.24, 2.45) is 11.7 Å². The average Bonchev–Trinajstić information content (AvgIpc) is 3.11. The minimum Gasteiger partial charge on any atom is -0.490 e. The molecule has 1 aromatic rings. The molecule has 92 valence electrons. The molecule has 0 bridgehead atoms. The van der Waals surface area contributed by atoms with Crippen LogP contribution in [0.5, 0.6) is 5.75 Å². The summed E-state index contributed by atoms with van der Waals surface area (Å²) in [5, 5.41) is 0. The summed E-state index contributed by atoms with van der Waals surface area (Å²) >= 11 is 0. The van der Waals surface area contributed by atoms with E-state index in [1.54, 1.807) is 6.07 Å². The lowest BCUT2D eigenvalue weighted by molar-refractivity contribution is 0.0985. The minimum absolute atomic E-state index is 0.139. The second-order valence-corrected chi connectivity index (χ2v) is 4.36. The zero-order valence-electron chi connectivity index (χ0n) is 9.62. The molecule has 0 aromatic heterocycles. The fourth-order valence-corrected chi connectivity index (χ4v) is 1.56. The molecule has 17 heavy (non-hydrogen) atoms. The number of nitrogens with two attached hydrogens (primary N) is 1. The van der Waals surface area contributed by atoms with E-state index in [1.807, 2.05) is 0 Å². The SMILES string of the molecule is NCCC(=O)c1ccc(OCC2CC2)c(F)c1. The third kappa shape index (κ3) is 3.27. The van der Waals surface area contributed by atoms with Crippen LogP contribution in [0.2, 0.25) is 0 Å². The second-order valence-electron chi connectivity index (χ2n) is 4.36. The molecule has 1 saturated carbocycles. The molecular weight excluding hydrogens is 221 g/mol. The molecule has 0 heterocycles. The molecule has 1 aliphatic carbocycles. The van der Waals surface area contributed by atoms with E-state index in [9.17, 15) is 9.18 Å². The van der Waals surface area contributed by atoms with E-state index in [2.05, 4.69) is 0 Å². The predicted molar refractivity (Wildman–Crippen MR) is 62.6 cm³/mol. The Balaban J connectivity index is 2.01. The smallest absolute Gasteiger partial charge is 0.165 e.